The Morgan fingerprint density at radius 3 is 2.56 bits per heavy atom. The van der Waals surface area contributed by atoms with Crippen LogP contribution in [0.25, 0.3) is 0 Å². The zero-order valence-electron chi connectivity index (χ0n) is 10.7. The highest BCUT2D eigenvalue weighted by Crippen LogP contribution is 2.26. The summed E-state index contributed by atoms with van der Waals surface area (Å²) in [6.07, 6.45) is 3.97. The van der Waals surface area contributed by atoms with Gasteiger partial charge in [-0.2, -0.15) is 0 Å². The van der Waals surface area contributed by atoms with Gasteiger partial charge in [0.25, 0.3) is 5.91 Å². The van der Waals surface area contributed by atoms with Gasteiger partial charge < -0.3 is 16.2 Å². The van der Waals surface area contributed by atoms with Gasteiger partial charge in [-0.15, -0.1) is 0 Å². The largest absolute Gasteiger partial charge is 0.490 e. The molecule has 0 unspecified atom stereocenters. The molecule has 1 saturated carbocycles. The van der Waals surface area contributed by atoms with Crippen molar-refractivity contribution in [3.63, 3.8) is 0 Å². The molecule has 1 aromatic rings. The quantitative estimate of drug-likeness (QED) is 0.855. The maximum absolute atomic E-state index is 11.3. The Kier molecular flexibility index (Phi) is 3.87. The first kappa shape index (κ1) is 12.9. The number of hydrogen-bond acceptors (Lipinski definition) is 3. The number of amides is 1. The van der Waals surface area contributed by atoms with Gasteiger partial charge in [0.2, 0.25) is 0 Å². The first-order valence-electron chi connectivity index (χ1n) is 6.39. The Morgan fingerprint density at radius 1 is 1.28 bits per heavy atom. The minimum atomic E-state index is -0.447. The topological polar surface area (TPSA) is 78.3 Å². The number of ether oxygens (including phenoxy) is 1. The fraction of sp³-hybridized carbons (Fsp3) is 0.500. The van der Waals surface area contributed by atoms with Crippen molar-refractivity contribution < 1.29 is 9.53 Å². The van der Waals surface area contributed by atoms with Crippen molar-refractivity contribution in [1.82, 2.24) is 0 Å². The Bertz CT molecular complexity index is 437. The Morgan fingerprint density at radius 2 is 1.94 bits per heavy atom. The zero-order valence-corrected chi connectivity index (χ0v) is 10.7. The molecule has 4 heteroatoms. The molecule has 0 radical (unpaired) electrons. The molecule has 4 N–H and O–H groups in total. The van der Waals surface area contributed by atoms with E-state index >= 15 is 0 Å². The maximum atomic E-state index is 11.3. The van der Waals surface area contributed by atoms with Crippen molar-refractivity contribution in [2.45, 2.75) is 44.8 Å². The molecule has 98 valence electrons. The van der Waals surface area contributed by atoms with Crippen molar-refractivity contribution in [3.8, 4) is 5.75 Å². The number of carbonyl (C=O) groups is 1. The monoisotopic (exact) mass is 248 g/mol. The number of hydrogen-bond donors (Lipinski definition) is 2. The van der Waals surface area contributed by atoms with Gasteiger partial charge in [-0.3, -0.25) is 4.79 Å². The fourth-order valence-corrected chi connectivity index (χ4v) is 2.32. The summed E-state index contributed by atoms with van der Waals surface area (Å²) in [5.41, 5.74) is 12.7. The first-order chi connectivity index (χ1) is 8.56. The van der Waals surface area contributed by atoms with E-state index < -0.39 is 5.91 Å². The van der Waals surface area contributed by atoms with Crippen LogP contribution in [-0.2, 0) is 0 Å². The average Bonchev–Trinajstić information content (AvgIpc) is 2.32. The van der Waals surface area contributed by atoms with Crippen LogP contribution >= 0.6 is 0 Å². The van der Waals surface area contributed by atoms with Gasteiger partial charge in [0, 0.05) is 6.04 Å². The molecule has 0 aliphatic heterocycles. The van der Waals surface area contributed by atoms with E-state index in [1.807, 2.05) is 19.1 Å². The van der Waals surface area contributed by atoms with Gasteiger partial charge >= 0.3 is 0 Å². The third-order valence-electron chi connectivity index (χ3n) is 3.42. The van der Waals surface area contributed by atoms with Crippen LogP contribution in [-0.4, -0.2) is 18.1 Å². The summed E-state index contributed by atoms with van der Waals surface area (Å²) in [7, 11) is 0. The molecule has 1 aliphatic carbocycles. The van der Waals surface area contributed by atoms with Crippen LogP contribution in [0, 0.1) is 6.92 Å². The summed E-state index contributed by atoms with van der Waals surface area (Å²) in [4.78, 5) is 11.3. The molecule has 18 heavy (non-hydrogen) atoms. The van der Waals surface area contributed by atoms with Crippen molar-refractivity contribution in [3.05, 3.63) is 29.3 Å². The number of nitrogens with two attached hydrogens (primary N) is 2. The third-order valence-corrected chi connectivity index (χ3v) is 3.42. The van der Waals surface area contributed by atoms with Crippen LogP contribution in [0.1, 0.15) is 41.6 Å². The van der Waals surface area contributed by atoms with E-state index in [2.05, 4.69) is 0 Å². The molecule has 1 fully saturated rings. The number of primary amides is 1. The SMILES string of the molecule is Cc1ccc(C(N)=O)c(OC2CCC(N)CC2)c1. The summed E-state index contributed by atoms with van der Waals surface area (Å²) in [5, 5.41) is 0. The standard InChI is InChI=1S/C14H20N2O2/c1-9-2-7-12(14(16)17)13(8-9)18-11-5-3-10(15)4-6-11/h2,7-8,10-11H,3-6,15H2,1H3,(H2,16,17). The lowest BCUT2D eigenvalue weighted by Gasteiger charge is -2.27. The van der Waals surface area contributed by atoms with Crippen LogP contribution in [0.15, 0.2) is 18.2 Å². The van der Waals surface area contributed by atoms with Crippen LogP contribution in [0.2, 0.25) is 0 Å². The van der Waals surface area contributed by atoms with Crippen LogP contribution in [0.5, 0.6) is 5.75 Å². The van der Waals surface area contributed by atoms with Gasteiger partial charge in [-0.25, -0.2) is 0 Å². The molecule has 1 aliphatic rings. The smallest absolute Gasteiger partial charge is 0.252 e. The molecule has 1 aromatic carbocycles. The van der Waals surface area contributed by atoms with Crippen molar-refractivity contribution in [1.29, 1.82) is 0 Å². The Balaban J connectivity index is 2.12. The normalized spacial score (nSPS) is 23.7. The predicted octanol–water partition coefficient (Wildman–Crippen LogP) is 1.74. The minimum absolute atomic E-state index is 0.143. The van der Waals surface area contributed by atoms with E-state index in [0.717, 1.165) is 31.2 Å². The molecular formula is C14H20N2O2. The molecule has 0 atom stereocenters. The molecule has 0 bridgehead atoms. The van der Waals surface area contributed by atoms with Crippen LogP contribution in [0.4, 0.5) is 0 Å². The van der Waals surface area contributed by atoms with Crippen molar-refractivity contribution >= 4 is 5.91 Å². The third kappa shape index (κ3) is 3.01. The lowest BCUT2D eigenvalue weighted by atomic mass is 9.93. The number of aryl methyl sites for hydroxylation is 1. The Labute approximate surface area is 107 Å². The summed E-state index contributed by atoms with van der Waals surface area (Å²) in [6.45, 7) is 1.97. The molecule has 0 spiro atoms. The van der Waals surface area contributed by atoms with Crippen molar-refractivity contribution in [2.75, 3.05) is 0 Å². The second kappa shape index (κ2) is 5.40. The number of benzene rings is 1. The van der Waals surface area contributed by atoms with E-state index in [9.17, 15) is 4.79 Å². The molecule has 4 nitrogen and oxygen atoms in total. The second-order valence-electron chi connectivity index (χ2n) is 5.02. The lowest BCUT2D eigenvalue weighted by molar-refractivity contribution is 0.0986. The van der Waals surface area contributed by atoms with Gasteiger partial charge in [0.05, 0.1) is 11.7 Å². The zero-order chi connectivity index (χ0) is 13.1. The molecule has 2 rings (SSSR count). The summed E-state index contributed by atoms with van der Waals surface area (Å²) < 4.78 is 5.92. The van der Waals surface area contributed by atoms with Crippen molar-refractivity contribution in [2.24, 2.45) is 11.5 Å². The van der Waals surface area contributed by atoms with Crippen LogP contribution < -0.4 is 16.2 Å². The van der Waals surface area contributed by atoms with E-state index in [4.69, 9.17) is 16.2 Å². The summed E-state index contributed by atoms with van der Waals surface area (Å²) in [6, 6.07) is 5.75. The first-order valence-corrected chi connectivity index (χ1v) is 6.39. The summed E-state index contributed by atoms with van der Waals surface area (Å²) >= 11 is 0. The van der Waals surface area contributed by atoms with E-state index in [1.165, 1.54) is 0 Å². The minimum Gasteiger partial charge on any atom is -0.490 e. The Hall–Kier alpha value is -1.55. The predicted molar refractivity (Wildman–Crippen MR) is 70.6 cm³/mol. The fourth-order valence-electron chi connectivity index (χ4n) is 2.32. The van der Waals surface area contributed by atoms with E-state index in [-0.39, 0.29) is 12.1 Å². The lowest BCUT2D eigenvalue weighted by Crippen LogP contribution is -2.32. The number of carbonyl (C=O) groups excluding carboxylic acids is 1. The second-order valence-corrected chi connectivity index (χ2v) is 5.02. The molecule has 0 aromatic heterocycles. The van der Waals surface area contributed by atoms with Gasteiger partial charge in [0.1, 0.15) is 5.75 Å². The maximum Gasteiger partial charge on any atom is 0.252 e. The molecule has 0 heterocycles. The molecule has 1 amide bonds. The summed E-state index contributed by atoms with van der Waals surface area (Å²) in [5.74, 6) is 0.153. The highest BCUT2D eigenvalue weighted by molar-refractivity contribution is 5.95. The highest BCUT2D eigenvalue weighted by Gasteiger charge is 2.21. The van der Waals surface area contributed by atoms with Gasteiger partial charge in [0.15, 0.2) is 0 Å². The van der Waals surface area contributed by atoms with Gasteiger partial charge in [-0.05, 0) is 50.3 Å². The highest BCUT2D eigenvalue weighted by atomic mass is 16.5. The van der Waals surface area contributed by atoms with E-state index in [1.54, 1.807) is 6.07 Å². The van der Waals surface area contributed by atoms with Gasteiger partial charge in [-0.1, -0.05) is 6.07 Å². The molecule has 0 saturated heterocycles. The molecular weight excluding hydrogens is 228 g/mol. The van der Waals surface area contributed by atoms with Crippen LogP contribution in [0.3, 0.4) is 0 Å². The average molecular weight is 248 g/mol. The number of rotatable bonds is 3. The van der Waals surface area contributed by atoms with E-state index in [0.29, 0.717) is 11.3 Å².